The predicted molar refractivity (Wildman–Crippen MR) is 72.1 cm³/mol. The third-order valence-corrected chi connectivity index (χ3v) is 3.27. The van der Waals surface area contributed by atoms with Crippen LogP contribution in [-0.2, 0) is 15.1 Å². The van der Waals surface area contributed by atoms with Crippen LogP contribution in [0.3, 0.4) is 0 Å². The first-order valence-electron chi connectivity index (χ1n) is 6.16. The number of methoxy groups -OCH3 is 1. The molecule has 0 saturated carbocycles. The lowest BCUT2D eigenvalue weighted by Crippen LogP contribution is -2.47. The molecule has 4 heteroatoms. The maximum absolute atomic E-state index is 12.0. The lowest BCUT2D eigenvalue weighted by molar-refractivity contribution is -0.148. The second kappa shape index (κ2) is 6.52. The standard InChI is InChI=1S/C14H22N2O2/c1-4-16(2)11-10-14(15,13(17)18-3)12-8-6-5-7-9-12/h5-9H,4,10-11,15H2,1-3H3. The Labute approximate surface area is 109 Å². The first kappa shape index (κ1) is 14.7. The van der Waals surface area contributed by atoms with Crippen LogP contribution in [0.4, 0.5) is 0 Å². The van der Waals surface area contributed by atoms with Gasteiger partial charge < -0.3 is 15.4 Å². The quantitative estimate of drug-likeness (QED) is 0.774. The van der Waals surface area contributed by atoms with Gasteiger partial charge in [-0.15, -0.1) is 0 Å². The third kappa shape index (κ3) is 3.31. The van der Waals surface area contributed by atoms with Crippen molar-refractivity contribution in [3.8, 4) is 0 Å². The van der Waals surface area contributed by atoms with Crippen LogP contribution in [0.25, 0.3) is 0 Å². The molecule has 1 aromatic carbocycles. The summed E-state index contributed by atoms with van der Waals surface area (Å²) in [6, 6.07) is 9.39. The summed E-state index contributed by atoms with van der Waals surface area (Å²) in [5, 5.41) is 0. The number of ether oxygens (including phenoxy) is 1. The second-order valence-electron chi connectivity index (χ2n) is 4.47. The van der Waals surface area contributed by atoms with Gasteiger partial charge in [-0.3, -0.25) is 0 Å². The van der Waals surface area contributed by atoms with Crippen molar-refractivity contribution < 1.29 is 9.53 Å². The summed E-state index contributed by atoms with van der Waals surface area (Å²) in [6.45, 7) is 3.74. The Morgan fingerprint density at radius 1 is 1.39 bits per heavy atom. The van der Waals surface area contributed by atoms with Gasteiger partial charge in [0.05, 0.1) is 7.11 Å². The molecular formula is C14H22N2O2. The fraction of sp³-hybridized carbons (Fsp3) is 0.500. The van der Waals surface area contributed by atoms with E-state index in [-0.39, 0.29) is 0 Å². The first-order chi connectivity index (χ1) is 8.54. The van der Waals surface area contributed by atoms with Crippen LogP contribution in [0.1, 0.15) is 18.9 Å². The Kier molecular flexibility index (Phi) is 5.31. The molecule has 0 bridgehead atoms. The highest BCUT2D eigenvalue weighted by atomic mass is 16.5. The minimum atomic E-state index is -1.07. The van der Waals surface area contributed by atoms with Crippen LogP contribution in [0.15, 0.2) is 30.3 Å². The monoisotopic (exact) mass is 250 g/mol. The van der Waals surface area contributed by atoms with E-state index in [9.17, 15) is 4.79 Å². The average molecular weight is 250 g/mol. The Morgan fingerprint density at radius 2 is 2.00 bits per heavy atom. The van der Waals surface area contributed by atoms with E-state index in [2.05, 4.69) is 11.8 Å². The normalized spacial score (nSPS) is 14.3. The van der Waals surface area contributed by atoms with E-state index in [1.165, 1.54) is 7.11 Å². The van der Waals surface area contributed by atoms with Crippen molar-refractivity contribution in [3.05, 3.63) is 35.9 Å². The maximum atomic E-state index is 12.0. The molecule has 1 unspecified atom stereocenters. The van der Waals surface area contributed by atoms with E-state index in [0.717, 1.165) is 18.7 Å². The van der Waals surface area contributed by atoms with Gasteiger partial charge in [-0.05, 0) is 25.6 Å². The molecule has 0 saturated heterocycles. The smallest absolute Gasteiger partial charge is 0.330 e. The molecule has 4 nitrogen and oxygen atoms in total. The van der Waals surface area contributed by atoms with Gasteiger partial charge in [0, 0.05) is 6.54 Å². The van der Waals surface area contributed by atoms with Crippen molar-refractivity contribution in [2.24, 2.45) is 5.73 Å². The molecule has 0 amide bonds. The number of hydrogen-bond acceptors (Lipinski definition) is 4. The number of benzene rings is 1. The summed E-state index contributed by atoms with van der Waals surface area (Å²) < 4.78 is 4.85. The van der Waals surface area contributed by atoms with Crippen molar-refractivity contribution >= 4 is 5.97 Å². The number of nitrogens with zero attached hydrogens (tertiary/aromatic N) is 1. The summed E-state index contributed by atoms with van der Waals surface area (Å²) in [7, 11) is 3.37. The van der Waals surface area contributed by atoms with Gasteiger partial charge in [0.1, 0.15) is 5.54 Å². The van der Waals surface area contributed by atoms with Crippen molar-refractivity contribution in [1.82, 2.24) is 4.90 Å². The van der Waals surface area contributed by atoms with Crippen molar-refractivity contribution in [2.75, 3.05) is 27.2 Å². The van der Waals surface area contributed by atoms with Gasteiger partial charge in [-0.2, -0.15) is 0 Å². The molecule has 0 aliphatic rings. The zero-order valence-corrected chi connectivity index (χ0v) is 11.3. The van der Waals surface area contributed by atoms with E-state index in [1.807, 2.05) is 37.4 Å². The molecule has 1 rings (SSSR count). The molecule has 0 aromatic heterocycles. The van der Waals surface area contributed by atoms with E-state index in [0.29, 0.717) is 6.42 Å². The van der Waals surface area contributed by atoms with E-state index >= 15 is 0 Å². The second-order valence-corrected chi connectivity index (χ2v) is 4.47. The fourth-order valence-electron chi connectivity index (χ4n) is 1.81. The lowest BCUT2D eigenvalue weighted by atomic mass is 9.87. The Bertz CT molecular complexity index is 381. The SMILES string of the molecule is CCN(C)CCC(N)(C(=O)OC)c1ccccc1. The van der Waals surface area contributed by atoms with Crippen LogP contribution >= 0.6 is 0 Å². The summed E-state index contributed by atoms with van der Waals surface area (Å²) in [5.41, 5.74) is 6.00. The Hall–Kier alpha value is -1.39. The van der Waals surface area contributed by atoms with Crippen LogP contribution < -0.4 is 5.73 Å². The number of nitrogens with two attached hydrogens (primary N) is 1. The largest absolute Gasteiger partial charge is 0.467 e. The minimum absolute atomic E-state index is 0.391. The number of carbonyl (C=O) groups is 1. The van der Waals surface area contributed by atoms with Gasteiger partial charge in [0.25, 0.3) is 0 Å². The van der Waals surface area contributed by atoms with Crippen molar-refractivity contribution in [2.45, 2.75) is 18.9 Å². The highest BCUT2D eigenvalue weighted by Gasteiger charge is 2.36. The molecule has 0 fully saturated rings. The molecule has 0 spiro atoms. The molecule has 0 radical (unpaired) electrons. The Morgan fingerprint density at radius 3 is 2.50 bits per heavy atom. The highest BCUT2D eigenvalue weighted by Crippen LogP contribution is 2.24. The Balaban J connectivity index is 2.93. The number of esters is 1. The zero-order valence-electron chi connectivity index (χ0n) is 11.3. The lowest BCUT2D eigenvalue weighted by Gasteiger charge is -2.29. The molecule has 0 aliphatic carbocycles. The van der Waals surface area contributed by atoms with Crippen molar-refractivity contribution in [3.63, 3.8) is 0 Å². The topological polar surface area (TPSA) is 55.6 Å². The number of rotatable bonds is 6. The van der Waals surface area contributed by atoms with Gasteiger partial charge in [-0.1, -0.05) is 37.3 Å². The summed E-state index contributed by atoms with van der Waals surface area (Å²) >= 11 is 0. The minimum Gasteiger partial charge on any atom is -0.467 e. The molecule has 0 aliphatic heterocycles. The van der Waals surface area contributed by atoms with Crippen LogP contribution in [0.5, 0.6) is 0 Å². The molecule has 100 valence electrons. The van der Waals surface area contributed by atoms with Crippen molar-refractivity contribution in [1.29, 1.82) is 0 Å². The van der Waals surface area contributed by atoms with Crippen LogP contribution in [0, 0.1) is 0 Å². The third-order valence-electron chi connectivity index (χ3n) is 3.27. The fourth-order valence-corrected chi connectivity index (χ4v) is 1.81. The molecule has 1 aromatic rings. The van der Waals surface area contributed by atoms with Crippen LogP contribution in [-0.4, -0.2) is 38.1 Å². The van der Waals surface area contributed by atoms with Gasteiger partial charge in [-0.25, -0.2) is 4.79 Å². The molecule has 18 heavy (non-hydrogen) atoms. The summed E-state index contributed by atoms with van der Waals surface area (Å²) in [5.74, 6) is -0.391. The zero-order chi connectivity index (χ0) is 13.6. The average Bonchev–Trinajstić information content (AvgIpc) is 2.44. The summed E-state index contributed by atoms with van der Waals surface area (Å²) in [6.07, 6.45) is 0.536. The van der Waals surface area contributed by atoms with E-state index in [4.69, 9.17) is 10.5 Å². The highest BCUT2D eigenvalue weighted by molar-refractivity contribution is 5.82. The molecule has 1 atom stereocenters. The number of hydrogen-bond donors (Lipinski definition) is 1. The summed E-state index contributed by atoms with van der Waals surface area (Å²) in [4.78, 5) is 14.1. The predicted octanol–water partition coefficient (Wildman–Crippen LogP) is 1.36. The molecular weight excluding hydrogens is 228 g/mol. The van der Waals surface area contributed by atoms with E-state index in [1.54, 1.807) is 0 Å². The van der Waals surface area contributed by atoms with Gasteiger partial charge in [0.2, 0.25) is 0 Å². The van der Waals surface area contributed by atoms with Crippen LogP contribution in [0.2, 0.25) is 0 Å². The molecule has 2 N–H and O–H groups in total. The van der Waals surface area contributed by atoms with Gasteiger partial charge >= 0.3 is 5.97 Å². The number of carbonyl (C=O) groups excluding carboxylic acids is 1. The maximum Gasteiger partial charge on any atom is 0.330 e. The molecule has 0 heterocycles. The first-order valence-corrected chi connectivity index (χ1v) is 6.16. The van der Waals surface area contributed by atoms with Gasteiger partial charge in [0.15, 0.2) is 0 Å². The van der Waals surface area contributed by atoms with E-state index < -0.39 is 11.5 Å².